The van der Waals surface area contributed by atoms with Crippen molar-refractivity contribution >= 4 is 9.84 Å². The van der Waals surface area contributed by atoms with Crippen LogP contribution in [0.4, 0.5) is 0 Å². The molecule has 1 aliphatic rings. The lowest BCUT2D eigenvalue weighted by atomic mass is 10.0. The predicted octanol–water partition coefficient (Wildman–Crippen LogP) is 1.88. The Morgan fingerprint density at radius 2 is 1.84 bits per heavy atom. The van der Waals surface area contributed by atoms with E-state index in [2.05, 4.69) is 0 Å². The molecular formula is C14H17NO3S. The smallest absolute Gasteiger partial charge is 0.180 e. The van der Waals surface area contributed by atoms with Crippen molar-refractivity contribution in [1.82, 2.24) is 0 Å². The normalized spacial score (nSPS) is 18.1. The van der Waals surface area contributed by atoms with Gasteiger partial charge in [0, 0.05) is 0 Å². The van der Waals surface area contributed by atoms with E-state index in [1.54, 1.807) is 0 Å². The lowest BCUT2D eigenvalue weighted by Crippen LogP contribution is -2.27. The molecule has 0 spiro atoms. The Bertz CT molecular complexity index is 566. The summed E-state index contributed by atoms with van der Waals surface area (Å²) in [7, 11) is -3.48. The monoisotopic (exact) mass is 279 g/mol. The molecule has 1 aliphatic carbocycles. The average molecular weight is 279 g/mol. The molecule has 2 rings (SSSR count). The molecule has 0 unspecified atom stereocenters. The molecule has 0 radical (unpaired) electrons. The van der Waals surface area contributed by atoms with Gasteiger partial charge in [-0.3, -0.25) is 0 Å². The van der Waals surface area contributed by atoms with E-state index in [0.29, 0.717) is 5.56 Å². The molecule has 102 valence electrons. The molecule has 1 aromatic carbocycles. The van der Waals surface area contributed by atoms with Crippen LogP contribution in [0.3, 0.4) is 0 Å². The number of hydrogen-bond acceptors (Lipinski definition) is 4. The Kier molecular flexibility index (Phi) is 4.23. The molecule has 1 saturated carbocycles. The van der Waals surface area contributed by atoms with Crippen LogP contribution in [-0.4, -0.2) is 25.4 Å². The summed E-state index contributed by atoms with van der Waals surface area (Å²) >= 11 is 0. The fraction of sp³-hybridized carbons (Fsp3) is 0.500. The summed E-state index contributed by atoms with van der Waals surface area (Å²) in [6, 6.07) is 7.76. The van der Waals surface area contributed by atoms with Gasteiger partial charge in [-0.25, -0.2) is 8.42 Å². The first-order valence-electron chi connectivity index (χ1n) is 6.44. The molecule has 5 heteroatoms. The van der Waals surface area contributed by atoms with Crippen LogP contribution in [0.15, 0.2) is 29.2 Å². The summed E-state index contributed by atoms with van der Waals surface area (Å²) in [6.07, 6.45) is 3.16. The van der Waals surface area contributed by atoms with E-state index in [0.717, 1.165) is 25.7 Å². The van der Waals surface area contributed by atoms with Crippen LogP contribution < -0.4 is 0 Å². The first kappa shape index (κ1) is 14.0. The van der Waals surface area contributed by atoms with Crippen LogP contribution in [0, 0.1) is 17.2 Å². The molecule has 1 aromatic rings. The molecule has 0 heterocycles. The highest BCUT2D eigenvalue weighted by Gasteiger charge is 2.28. The quantitative estimate of drug-likeness (QED) is 0.912. The Labute approximate surface area is 113 Å². The van der Waals surface area contributed by atoms with E-state index < -0.39 is 15.9 Å². The standard InChI is InChI=1S/C14H17NO3S/c15-9-11-5-7-13(8-6-11)19(17,18)10-14(16)12-3-1-2-4-12/h5-8,12,14,16H,1-4,10H2/t14-/m1/s1. The van der Waals surface area contributed by atoms with Gasteiger partial charge >= 0.3 is 0 Å². The van der Waals surface area contributed by atoms with Gasteiger partial charge in [-0.05, 0) is 43.0 Å². The summed E-state index contributed by atoms with van der Waals surface area (Å²) in [5.41, 5.74) is 0.426. The Morgan fingerprint density at radius 3 is 2.37 bits per heavy atom. The van der Waals surface area contributed by atoms with E-state index in [1.165, 1.54) is 24.3 Å². The van der Waals surface area contributed by atoms with Crippen molar-refractivity contribution < 1.29 is 13.5 Å². The summed E-state index contributed by atoms with van der Waals surface area (Å²) in [6.45, 7) is 0. The van der Waals surface area contributed by atoms with E-state index in [-0.39, 0.29) is 16.6 Å². The van der Waals surface area contributed by atoms with Crippen molar-refractivity contribution in [3.63, 3.8) is 0 Å². The molecule has 0 aromatic heterocycles. The number of aliphatic hydroxyl groups is 1. The molecule has 1 fully saturated rings. The molecule has 0 bridgehead atoms. The highest BCUT2D eigenvalue weighted by molar-refractivity contribution is 7.91. The molecule has 0 saturated heterocycles. The fourth-order valence-electron chi connectivity index (χ4n) is 2.54. The van der Waals surface area contributed by atoms with E-state index >= 15 is 0 Å². The average Bonchev–Trinajstić information content (AvgIpc) is 2.92. The number of rotatable bonds is 4. The van der Waals surface area contributed by atoms with E-state index in [4.69, 9.17) is 5.26 Å². The van der Waals surface area contributed by atoms with Crippen molar-refractivity contribution in [2.75, 3.05) is 5.75 Å². The highest BCUT2D eigenvalue weighted by Crippen LogP contribution is 2.29. The lowest BCUT2D eigenvalue weighted by molar-refractivity contribution is 0.131. The van der Waals surface area contributed by atoms with Crippen molar-refractivity contribution in [2.24, 2.45) is 5.92 Å². The fourth-order valence-corrected chi connectivity index (χ4v) is 4.00. The van der Waals surface area contributed by atoms with Gasteiger partial charge in [-0.1, -0.05) is 12.8 Å². The SMILES string of the molecule is N#Cc1ccc(S(=O)(=O)C[C@@H](O)C2CCCC2)cc1. The van der Waals surface area contributed by atoms with Crippen LogP contribution in [0.25, 0.3) is 0 Å². The van der Waals surface area contributed by atoms with Crippen molar-refractivity contribution in [3.8, 4) is 6.07 Å². The minimum atomic E-state index is -3.48. The molecule has 1 atom stereocenters. The minimum Gasteiger partial charge on any atom is -0.392 e. The number of aliphatic hydroxyl groups excluding tert-OH is 1. The summed E-state index contributed by atoms with van der Waals surface area (Å²) in [4.78, 5) is 0.170. The maximum absolute atomic E-state index is 12.2. The maximum atomic E-state index is 12.2. The van der Waals surface area contributed by atoms with Crippen molar-refractivity contribution in [3.05, 3.63) is 29.8 Å². The Hall–Kier alpha value is -1.38. The van der Waals surface area contributed by atoms with Crippen LogP contribution >= 0.6 is 0 Å². The summed E-state index contributed by atoms with van der Waals surface area (Å²) < 4.78 is 24.3. The van der Waals surface area contributed by atoms with Gasteiger partial charge in [0.2, 0.25) is 0 Å². The second kappa shape index (κ2) is 5.72. The van der Waals surface area contributed by atoms with Gasteiger partial charge in [-0.2, -0.15) is 5.26 Å². The second-order valence-electron chi connectivity index (χ2n) is 5.03. The molecular weight excluding hydrogens is 262 g/mol. The third-order valence-corrected chi connectivity index (χ3v) is 5.45. The summed E-state index contributed by atoms with van der Waals surface area (Å²) in [5.74, 6) is -0.128. The third kappa shape index (κ3) is 3.34. The lowest BCUT2D eigenvalue weighted by Gasteiger charge is -2.17. The highest BCUT2D eigenvalue weighted by atomic mass is 32.2. The molecule has 4 nitrogen and oxygen atoms in total. The van der Waals surface area contributed by atoms with E-state index in [9.17, 15) is 13.5 Å². The van der Waals surface area contributed by atoms with Gasteiger partial charge in [0.25, 0.3) is 0 Å². The number of nitriles is 1. The first-order chi connectivity index (χ1) is 9.03. The second-order valence-corrected chi connectivity index (χ2v) is 7.06. The topological polar surface area (TPSA) is 78.2 Å². The first-order valence-corrected chi connectivity index (χ1v) is 8.09. The van der Waals surface area contributed by atoms with Gasteiger partial charge in [0.1, 0.15) is 0 Å². The Morgan fingerprint density at radius 1 is 1.26 bits per heavy atom. The predicted molar refractivity (Wildman–Crippen MR) is 71.2 cm³/mol. The number of nitrogens with zero attached hydrogens (tertiary/aromatic N) is 1. The van der Waals surface area contributed by atoms with Crippen molar-refractivity contribution in [2.45, 2.75) is 36.7 Å². The van der Waals surface area contributed by atoms with Gasteiger partial charge < -0.3 is 5.11 Å². The van der Waals surface area contributed by atoms with Crippen LogP contribution in [0.2, 0.25) is 0 Å². The third-order valence-electron chi connectivity index (χ3n) is 3.68. The summed E-state index contributed by atoms with van der Waals surface area (Å²) in [5, 5.41) is 18.7. The van der Waals surface area contributed by atoms with Crippen LogP contribution in [0.1, 0.15) is 31.2 Å². The molecule has 0 aliphatic heterocycles. The molecule has 1 N–H and O–H groups in total. The number of hydrogen-bond donors (Lipinski definition) is 1. The van der Waals surface area contributed by atoms with Gasteiger partial charge in [-0.15, -0.1) is 0 Å². The van der Waals surface area contributed by atoms with Crippen LogP contribution in [-0.2, 0) is 9.84 Å². The zero-order valence-electron chi connectivity index (χ0n) is 10.6. The van der Waals surface area contributed by atoms with Gasteiger partial charge in [0.15, 0.2) is 9.84 Å². The molecule has 19 heavy (non-hydrogen) atoms. The molecule has 0 amide bonds. The van der Waals surface area contributed by atoms with E-state index in [1.807, 2.05) is 6.07 Å². The number of sulfone groups is 1. The van der Waals surface area contributed by atoms with Gasteiger partial charge in [0.05, 0.1) is 28.4 Å². The maximum Gasteiger partial charge on any atom is 0.180 e. The zero-order chi connectivity index (χ0) is 13.9. The van der Waals surface area contributed by atoms with Crippen LogP contribution in [0.5, 0.6) is 0 Å². The Balaban J connectivity index is 2.10. The van der Waals surface area contributed by atoms with Crippen molar-refractivity contribution in [1.29, 1.82) is 5.26 Å². The minimum absolute atomic E-state index is 0.105. The number of benzene rings is 1. The largest absolute Gasteiger partial charge is 0.392 e. The zero-order valence-corrected chi connectivity index (χ0v) is 11.4.